The summed E-state index contributed by atoms with van der Waals surface area (Å²) in [6.07, 6.45) is 1.03. The number of ether oxygens (including phenoxy) is 1. The molecule has 0 bridgehead atoms. The Morgan fingerprint density at radius 3 is 2.58 bits per heavy atom. The molecule has 7 heteroatoms. The zero-order valence-corrected chi connectivity index (χ0v) is 13.2. The van der Waals surface area contributed by atoms with E-state index in [1.54, 1.807) is 12.1 Å². The van der Waals surface area contributed by atoms with Crippen LogP contribution in [0.2, 0.25) is 0 Å². The summed E-state index contributed by atoms with van der Waals surface area (Å²) < 4.78 is 4.63. The van der Waals surface area contributed by atoms with E-state index in [1.165, 1.54) is 12.1 Å². The predicted molar refractivity (Wildman–Crippen MR) is 61.1 cm³/mol. The molecule has 0 atom stereocenters. The molecule has 0 heterocycles. The number of rotatable bonds is 7. The van der Waals surface area contributed by atoms with Gasteiger partial charge in [-0.05, 0) is 12.1 Å². The minimum atomic E-state index is -1.12. The van der Waals surface area contributed by atoms with Gasteiger partial charge in [-0.25, -0.2) is 9.59 Å². The second kappa shape index (κ2) is 9.24. The molecule has 0 saturated carbocycles. The summed E-state index contributed by atoms with van der Waals surface area (Å²) in [5.74, 6) is -1.60. The number of hydrogen-bond donors (Lipinski definition) is 1. The van der Waals surface area contributed by atoms with Gasteiger partial charge in [0.2, 0.25) is 0 Å². The summed E-state index contributed by atoms with van der Waals surface area (Å²) in [4.78, 5) is 31.0. The number of para-hydroxylation sites is 1. The molecule has 0 aliphatic heterocycles. The fraction of sp³-hybridized carbons (Fsp3) is 0.167. The number of esters is 1. The molecule has 1 aromatic rings. The number of carboxylic acid groups (broad SMARTS) is 1. The van der Waals surface area contributed by atoms with Crippen LogP contribution in [0.15, 0.2) is 36.9 Å². The third-order valence-corrected chi connectivity index (χ3v) is 1.84. The van der Waals surface area contributed by atoms with Crippen molar-refractivity contribution >= 4 is 11.9 Å². The Bertz CT molecular complexity index is 446. The van der Waals surface area contributed by atoms with E-state index in [1.807, 2.05) is 0 Å². The summed E-state index contributed by atoms with van der Waals surface area (Å²) in [6, 6.07) is 6.03. The average Bonchev–Trinajstić information content (AvgIpc) is 2.38. The molecule has 0 spiro atoms. The van der Waals surface area contributed by atoms with Gasteiger partial charge < -0.3 is 14.7 Å². The van der Waals surface area contributed by atoms with Crippen LogP contribution in [-0.2, 0) is 33.9 Å². The fourth-order valence-corrected chi connectivity index (χ4v) is 1.06. The van der Waals surface area contributed by atoms with E-state index in [4.69, 9.17) is 14.9 Å². The van der Waals surface area contributed by atoms with E-state index >= 15 is 0 Å². The Labute approximate surface area is 122 Å². The van der Waals surface area contributed by atoms with Crippen molar-refractivity contribution in [1.82, 2.24) is 0 Å². The van der Waals surface area contributed by atoms with Gasteiger partial charge in [-0.2, -0.15) is 4.89 Å². The van der Waals surface area contributed by atoms with E-state index in [2.05, 4.69) is 11.3 Å². The summed E-state index contributed by atoms with van der Waals surface area (Å²) >= 11 is 0. The molecule has 0 aliphatic rings. The smallest absolute Gasteiger partial charge is 0.339 e. The molecule has 0 aliphatic carbocycles. The van der Waals surface area contributed by atoms with Gasteiger partial charge in [-0.15, -0.1) is 0 Å². The van der Waals surface area contributed by atoms with E-state index in [9.17, 15) is 9.59 Å². The van der Waals surface area contributed by atoms with Crippen LogP contribution in [0.1, 0.15) is 10.4 Å². The SMILES string of the molecule is C=CC(=O)OCCOOc1ccccc1C(=O)O.[Zn]. The maximum atomic E-state index is 10.8. The Morgan fingerprint density at radius 1 is 1.26 bits per heavy atom. The number of aromatic carboxylic acids is 1. The van der Waals surface area contributed by atoms with Gasteiger partial charge in [0.05, 0.1) is 0 Å². The molecule has 1 aromatic carbocycles. The van der Waals surface area contributed by atoms with Crippen LogP contribution < -0.4 is 4.89 Å². The van der Waals surface area contributed by atoms with Crippen LogP contribution in [0.5, 0.6) is 5.75 Å². The first-order valence-electron chi connectivity index (χ1n) is 5.06. The van der Waals surface area contributed by atoms with Crippen molar-refractivity contribution in [3.63, 3.8) is 0 Å². The Balaban J connectivity index is 0.00000324. The summed E-state index contributed by atoms with van der Waals surface area (Å²) in [7, 11) is 0. The number of carbonyl (C=O) groups excluding carboxylic acids is 1. The van der Waals surface area contributed by atoms with Gasteiger partial charge in [0.15, 0.2) is 5.75 Å². The van der Waals surface area contributed by atoms with Gasteiger partial charge in [0.25, 0.3) is 0 Å². The molecule has 0 radical (unpaired) electrons. The summed E-state index contributed by atoms with van der Waals surface area (Å²) in [6.45, 7) is 3.19. The first-order chi connectivity index (χ1) is 8.65. The van der Waals surface area contributed by atoms with Gasteiger partial charge in [0, 0.05) is 25.6 Å². The van der Waals surface area contributed by atoms with E-state index in [0.717, 1.165) is 6.08 Å². The molecule has 0 unspecified atom stereocenters. The van der Waals surface area contributed by atoms with Crippen LogP contribution >= 0.6 is 0 Å². The molecular weight excluding hydrogens is 306 g/mol. The van der Waals surface area contributed by atoms with Gasteiger partial charge >= 0.3 is 11.9 Å². The molecular formula is C12H12O6Zn. The zero-order chi connectivity index (χ0) is 13.4. The van der Waals surface area contributed by atoms with E-state index in [-0.39, 0.29) is 44.0 Å². The molecule has 1 rings (SSSR count). The molecule has 6 nitrogen and oxygen atoms in total. The molecule has 19 heavy (non-hydrogen) atoms. The third kappa shape index (κ3) is 6.13. The van der Waals surface area contributed by atoms with Crippen LogP contribution in [0, 0.1) is 0 Å². The number of benzene rings is 1. The fourth-order valence-electron chi connectivity index (χ4n) is 1.06. The number of carbonyl (C=O) groups is 2. The predicted octanol–water partition coefficient (Wildman–Crippen LogP) is 1.42. The van der Waals surface area contributed by atoms with E-state index < -0.39 is 11.9 Å². The molecule has 98 valence electrons. The topological polar surface area (TPSA) is 82.1 Å². The molecule has 0 aromatic heterocycles. The van der Waals surface area contributed by atoms with Crippen molar-refractivity contribution < 1.29 is 48.7 Å². The first-order valence-corrected chi connectivity index (χ1v) is 5.06. The van der Waals surface area contributed by atoms with E-state index in [0.29, 0.717) is 0 Å². The molecule has 1 N–H and O–H groups in total. The van der Waals surface area contributed by atoms with Crippen molar-refractivity contribution in [2.45, 2.75) is 0 Å². The standard InChI is InChI=1S/C12H12O6.Zn/c1-2-11(13)16-7-8-17-18-10-6-4-3-5-9(10)12(14)15;/h2-6H,1,7-8H2,(H,14,15);. The van der Waals surface area contributed by atoms with Crippen LogP contribution in [0.3, 0.4) is 0 Å². The second-order valence-corrected chi connectivity index (χ2v) is 3.08. The molecule has 0 fully saturated rings. The normalized spacial score (nSPS) is 9.05. The van der Waals surface area contributed by atoms with Crippen molar-refractivity contribution in [2.24, 2.45) is 0 Å². The average molecular weight is 318 g/mol. The summed E-state index contributed by atoms with van der Waals surface area (Å²) in [5, 5.41) is 8.86. The number of hydrogen-bond acceptors (Lipinski definition) is 5. The quantitative estimate of drug-likeness (QED) is 0.204. The monoisotopic (exact) mass is 316 g/mol. The minimum absolute atomic E-state index is 0. The Hall–Kier alpha value is -1.72. The Morgan fingerprint density at radius 2 is 1.95 bits per heavy atom. The van der Waals surface area contributed by atoms with Crippen LogP contribution in [0.4, 0.5) is 0 Å². The molecule has 0 amide bonds. The third-order valence-electron chi connectivity index (χ3n) is 1.84. The van der Waals surface area contributed by atoms with Crippen molar-refractivity contribution in [2.75, 3.05) is 13.2 Å². The van der Waals surface area contributed by atoms with Gasteiger partial charge in [-0.1, -0.05) is 18.7 Å². The largest absolute Gasteiger partial charge is 0.478 e. The van der Waals surface area contributed by atoms with Crippen LogP contribution in [-0.4, -0.2) is 30.3 Å². The maximum Gasteiger partial charge on any atom is 0.339 e. The minimum Gasteiger partial charge on any atom is -0.478 e. The van der Waals surface area contributed by atoms with Crippen LogP contribution in [0.25, 0.3) is 0 Å². The zero-order valence-electron chi connectivity index (χ0n) is 10.2. The van der Waals surface area contributed by atoms with Crippen molar-refractivity contribution in [1.29, 1.82) is 0 Å². The van der Waals surface area contributed by atoms with Gasteiger partial charge in [0.1, 0.15) is 18.8 Å². The summed E-state index contributed by atoms with van der Waals surface area (Å²) in [5.41, 5.74) is -0.0133. The number of carboxylic acids is 1. The second-order valence-electron chi connectivity index (χ2n) is 3.08. The van der Waals surface area contributed by atoms with Crippen molar-refractivity contribution in [3.05, 3.63) is 42.5 Å². The molecule has 0 saturated heterocycles. The van der Waals surface area contributed by atoms with Crippen molar-refractivity contribution in [3.8, 4) is 5.75 Å². The first kappa shape index (κ1) is 17.3. The Kier molecular flexibility index (Phi) is 8.41. The van der Waals surface area contributed by atoms with Gasteiger partial charge in [-0.3, -0.25) is 0 Å². The maximum absolute atomic E-state index is 10.8.